The largest absolute Gasteiger partial charge is 0.504 e. The number of aromatic nitrogens is 2. The number of methoxy groups -OCH3 is 1. The summed E-state index contributed by atoms with van der Waals surface area (Å²) in [5.41, 5.74) is 2.07. The minimum atomic E-state index is -0.301. The van der Waals surface area contributed by atoms with Crippen molar-refractivity contribution >= 4 is 38.3 Å². The molecule has 4 aromatic rings. The predicted molar refractivity (Wildman–Crippen MR) is 116 cm³/mol. The Morgan fingerprint density at radius 2 is 1.97 bits per heavy atom. The Kier molecular flexibility index (Phi) is 5.67. The molecule has 6 nitrogen and oxygen atoms in total. The predicted octanol–water partition coefficient (Wildman–Crippen LogP) is 5.57. The minimum absolute atomic E-state index is 0.00547. The lowest BCUT2D eigenvalue weighted by Crippen LogP contribution is -1.99. The number of hydrogen-bond donors (Lipinski definition) is 2. The van der Waals surface area contributed by atoms with E-state index in [2.05, 4.69) is 31.2 Å². The number of nitrogens with zero attached hydrogens (tertiary/aromatic N) is 2. The normalized spacial score (nSPS) is 10.8. The third-order valence-electron chi connectivity index (χ3n) is 4.42. The van der Waals surface area contributed by atoms with Crippen molar-refractivity contribution in [2.45, 2.75) is 6.61 Å². The highest BCUT2D eigenvalue weighted by Gasteiger charge is 2.12. The second-order valence-corrected chi connectivity index (χ2v) is 7.30. The molecular formula is C22H17BrFN3O3. The van der Waals surface area contributed by atoms with Crippen LogP contribution in [0.1, 0.15) is 5.56 Å². The smallest absolute Gasteiger partial charge is 0.162 e. The summed E-state index contributed by atoms with van der Waals surface area (Å²) in [5.74, 6) is 1.15. The summed E-state index contributed by atoms with van der Waals surface area (Å²) in [4.78, 5) is 8.53. The molecule has 1 aromatic heterocycles. The number of aromatic hydroxyl groups is 1. The maximum Gasteiger partial charge on any atom is 0.162 e. The van der Waals surface area contributed by atoms with Crippen LogP contribution in [0.3, 0.4) is 0 Å². The van der Waals surface area contributed by atoms with Gasteiger partial charge in [0.1, 0.15) is 30.3 Å². The number of halogens is 2. The van der Waals surface area contributed by atoms with Crippen LogP contribution in [-0.2, 0) is 6.61 Å². The minimum Gasteiger partial charge on any atom is -0.504 e. The maximum absolute atomic E-state index is 13.3. The number of nitrogens with one attached hydrogen (secondary N) is 1. The summed E-state index contributed by atoms with van der Waals surface area (Å²) < 4.78 is 25.1. The zero-order chi connectivity index (χ0) is 21.1. The molecule has 0 spiro atoms. The zero-order valence-electron chi connectivity index (χ0n) is 15.9. The topological polar surface area (TPSA) is 76.5 Å². The van der Waals surface area contributed by atoms with Crippen molar-refractivity contribution in [2.24, 2.45) is 0 Å². The summed E-state index contributed by atoms with van der Waals surface area (Å²) in [7, 11) is 1.48. The third kappa shape index (κ3) is 4.28. The molecule has 0 aliphatic carbocycles. The fourth-order valence-electron chi connectivity index (χ4n) is 2.95. The highest BCUT2D eigenvalue weighted by Crippen LogP contribution is 2.35. The Labute approximate surface area is 180 Å². The van der Waals surface area contributed by atoms with Crippen molar-refractivity contribution in [3.8, 4) is 17.2 Å². The Bertz CT molecular complexity index is 1220. The first-order valence-electron chi connectivity index (χ1n) is 8.99. The monoisotopic (exact) mass is 469 g/mol. The van der Waals surface area contributed by atoms with E-state index in [4.69, 9.17) is 9.47 Å². The third-order valence-corrected chi connectivity index (χ3v) is 5.11. The summed E-state index contributed by atoms with van der Waals surface area (Å²) in [6, 6.07) is 14.9. The second-order valence-electron chi connectivity index (χ2n) is 6.45. The SMILES string of the molecule is COc1cc2ncnc(Nc3cc(OCc4cccc(F)c4)ccc3Br)c2cc1O. The molecule has 0 saturated carbocycles. The fraction of sp³-hybridized carbons (Fsp3) is 0.0909. The van der Waals surface area contributed by atoms with Crippen molar-refractivity contribution in [1.29, 1.82) is 0 Å². The van der Waals surface area contributed by atoms with Gasteiger partial charge in [-0.1, -0.05) is 12.1 Å². The van der Waals surface area contributed by atoms with E-state index in [9.17, 15) is 9.50 Å². The van der Waals surface area contributed by atoms with Gasteiger partial charge in [0.15, 0.2) is 11.5 Å². The van der Waals surface area contributed by atoms with Gasteiger partial charge >= 0.3 is 0 Å². The molecule has 0 atom stereocenters. The molecule has 8 heteroatoms. The van der Waals surface area contributed by atoms with Crippen LogP contribution < -0.4 is 14.8 Å². The van der Waals surface area contributed by atoms with Crippen molar-refractivity contribution < 1.29 is 19.0 Å². The quantitative estimate of drug-likeness (QED) is 0.384. The number of benzene rings is 3. The average molecular weight is 470 g/mol. The Morgan fingerprint density at radius 1 is 1.10 bits per heavy atom. The maximum atomic E-state index is 13.3. The van der Waals surface area contributed by atoms with Crippen LogP contribution in [0.15, 0.2) is 65.4 Å². The van der Waals surface area contributed by atoms with Crippen molar-refractivity contribution in [1.82, 2.24) is 9.97 Å². The van der Waals surface area contributed by atoms with Crippen LogP contribution in [0, 0.1) is 5.82 Å². The molecule has 152 valence electrons. The number of ether oxygens (including phenoxy) is 2. The van der Waals surface area contributed by atoms with E-state index in [1.54, 1.807) is 30.3 Å². The van der Waals surface area contributed by atoms with E-state index < -0.39 is 0 Å². The van der Waals surface area contributed by atoms with E-state index >= 15 is 0 Å². The molecule has 0 aliphatic rings. The van der Waals surface area contributed by atoms with Gasteiger partial charge in [-0.15, -0.1) is 0 Å². The lowest BCUT2D eigenvalue weighted by atomic mass is 10.2. The average Bonchev–Trinajstić information content (AvgIpc) is 2.74. The molecule has 3 aromatic carbocycles. The van der Waals surface area contributed by atoms with Crippen LogP contribution in [0.2, 0.25) is 0 Å². The van der Waals surface area contributed by atoms with E-state index in [1.807, 2.05) is 12.1 Å². The standard InChI is InChI=1S/C22H17BrFN3O3/c1-29-21-10-18-16(9-20(21)28)22(26-12-25-18)27-19-8-15(5-6-17(19)23)30-11-13-3-2-4-14(24)7-13/h2-10,12,28H,11H2,1H3,(H,25,26,27). The first-order chi connectivity index (χ1) is 14.5. The number of fused-ring (bicyclic) bond motifs is 1. The molecule has 0 bridgehead atoms. The van der Waals surface area contributed by atoms with Gasteiger partial charge in [-0.25, -0.2) is 14.4 Å². The fourth-order valence-corrected chi connectivity index (χ4v) is 3.29. The molecule has 4 rings (SSSR count). The molecule has 0 aliphatic heterocycles. The lowest BCUT2D eigenvalue weighted by Gasteiger charge is -2.13. The highest BCUT2D eigenvalue weighted by atomic mass is 79.9. The van der Waals surface area contributed by atoms with E-state index in [-0.39, 0.29) is 18.2 Å². The van der Waals surface area contributed by atoms with E-state index in [0.29, 0.717) is 33.9 Å². The number of anilines is 2. The van der Waals surface area contributed by atoms with Gasteiger partial charge in [0.2, 0.25) is 0 Å². The van der Waals surface area contributed by atoms with Gasteiger partial charge in [-0.2, -0.15) is 0 Å². The van der Waals surface area contributed by atoms with Crippen LogP contribution in [-0.4, -0.2) is 22.2 Å². The Hall–Kier alpha value is -3.39. The van der Waals surface area contributed by atoms with Crippen molar-refractivity contribution in [2.75, 3.05) is 12.4 Å². The van der Waals surface area contributed by atoms with Crippen LogP contribution in [0.25, 0.3) is 10.9 Å². The first kappa shape index (κ1) is 19.9. The van der Waals surface area contributed by atoms with Gasteiger partial charge < -0.3 is 19.9 Å². The van der Waals surface area contributed by atoms with Gasteiger partial charge in [-0.05, 0) is 51.8 Å². The molecule has 30 heavy (non-hydrogen) atoms. The molecule has 0 unspecified atom stereocenters. The number of rotatable bonds is 6. The summed E-state index contributed by atoms with van der Waals surface area (Å²) in [5, 5.41) is 14.0. The highest BCUT2D eigenvalue weighted by molar-refractivity contribution is 9.10. The van der Waals surface area contributed by atoms with Crippen molar-refractivity contribution in [3.05, 3.63) is 76.8 Å². The molecular weight excluding hydrogens is 453 g/mol. The van der Waals surface area contributed by atoms with Gasteiger partial charge in [0.25, 0.3) is 0 Å². The molecule has 1 heterocycles. The molecule has 0 fully saturated rings. The number of phenolic OH excluding ortho intramolecular Hbond substituents is 1. The summed E-state index contributed by atoms with van der Waals surface area (Å²) in [6.45, 7) is 0.239. The molecule has 0 saturated heterocycles. The van der Waals surface area contributed by atoms with E-state index in [1.165, 1.54) is 25.6 Å². The lowest BCUT2D eigenvalue weighted by molar-refractivity contribution is 0.305. The number of phenols is 1. The van der Waals surface area contributed by atoms with Gasteiger partial charge in [0, 0.05) is 22.0 Å². The van der Waals surface area contributed by atoms with Crippen molar-refractivity contribution in [3.63, 3.8) is 0 Å². The second kappa shape index (κ2) is 8.54. The molecule has 2 N–H and O–H groups in total. The summed E-state index contributed by atoms with van der Waals surface area (Å²) >= 11 is 3.51. The molecule has 0 radical (unpaired) electrons. The van der Waals surface area contributed by atoms with Crippen LogP contribution in [0.4, 0.5) is 15.9 Å². The number of hydrogen-bond acceptors (Lipinski definition) is 6. The van der Waals surface area contributed by atoms with Gasteiger partial charge in [-0.3, -0.25) is 0 Å². The van der Waals surface area contributed by atoms with Crippen LogP contribution >= 0.6 is 15.9 Å². The first-order valence-corrected chi connectivity index (χ1v) is 9.78. The summed E-state index contributed by atoms with van der Waals surface area (Å²) in [6.07, 6.45) is 1.43. The van der Waals surface area contributed by atoms with Gasteiger partial charge in [0.05, 0.1) is 18.3 Å². The van der Waals surface area contributed by atoms with Crippen LogP contribution in [0.5, 0.6) is 17.2 Å². The Morgan fingerprint density at radius 3 is 2.77 bits per heavy atom. The Balaban J connectivity index is 1.60. The zero-order valence-corrected chi connectivity index (χ0v) is 17.5. The van der Waals surface area contributed by atoms with E-state index in [0.717, 1.165) is 10.0 Å². The molecule has 0 amide bonds.